The predicted molar refractivity (Wildman–Crippen MR) is 93.9 cm³/mol. The third kappa shape index (κ3) is 2.77. The van der Waals surface area contributed by atoms with Crippen LogP contribution in [0.3, 0.4) is 0 Å². The zero-order valence-electron chi connectivity index (χ0n) is 14.6. The van der Waals surface area contributed by atoms with Crippen LogP contribution < -0.4 is 0 Å². The Kier molecular flexibility index (Phi) is 4.15. The molecule has 0 radical (unpaired) electrons. The Balaban J connectivity index is 1.60. The van der Waals surface area contributed by atoms with Gasteiger partial charge in [-0.15, -0.1) is 0 Å². The molecule has 2 aromatic rings. The van der Waals surface area contributed by atoms with E-state index in [2.05, 4.69) is 24.0 Å². The van der Waals surface area contributed by atoms with Crippen molar-refractivity contribution in [1.29, 1.82) is 0 Å². The van der Waals surface area contributed by atoms with E-state index in [0.29, 0.717) is 19.3 Å². The molecule has 24 heavy (non-hydrogen) atoms. The lowest BCUT2D eigenvalue weighted by molar-refractivity contribution is -0.123. The van der Waals surface area contributed by atoms with Gasteiger partial charge in [0.1, 0.15) is 11.3 Å². The fourth-order valence-electron chi connectivity index (χ4n) is 4.50. The molecule has 0 bridgehead atoms. The van der Waals surface area contributed by atoms with Gasteiger partial charge in [0, 0.05) is 36.1 Å². The molecule has 0 unspecified atom stereocenters. The van der Waals surface area contributed by atoms with Gasteiger partial charge in [0.2, 0.25) is 0 Å². The highest BCUT2D eigenvalue weighted by atomic mass is 16.5. The van der Waals surface area contributed by atoms with Crippen molar-refractivity contribution in [1.82, 2.24) is 4.90 Å². The van der Waals surface area contributed by atoms with Crippen molar-refractivity contribution in [2.45, 2.75) is 51.3 Å². The smallest absolute Gasteiger partial charge is 0.134 e. The highest BCUT2D eigenvalue weighted by molar-refractivity contribution is 5.82. The summed E-state index contributed by atoms with van der Waals surface area (Å²) in [4.78, 5) is 2.53. The molecule has 4 nitrogen and oxygen atoms in total. The first-order valence-corrected chi connectivity index (χ1v) is 9.07. The lowest BCUT2D eigenvalue weighted by Gasteiger charge is -2.43. The fraction of sp³-hybridized carbons (Fsp3) is 0.600. The van der Waals surface area contributed by atoms with Crippen molar-refractivity contribution in [3.63, 3.8) is 0 Å². The molecule has 0 amide bonds. The van der Waals surface area contributed by atoms with Crippen LogP contribution in [-0.4, -0.2) is 41.4 Å². The van der Waals surface area contributed by atoms with Gasteiger partial charge in [-0.2, -0.15) is 0 Å². The monoisotopic (exact) mass is 329 g/mol. The molecule has 0 saturated carbocycles. The number of nitrogens with zero attached hydrogens (tertiary/aromatic N) is 1. The number of benzene rings is 1. The van der Waals surface area contributed by atoms with Crippen LogP contribution in [-0.2, 0) is 11.3 Å². The third-order valence-corrected chi connectivity index (χ3v) is 5.99. The maximum Gasteiger partial charge on any atom is 0.134 e. The van der Waals surface area contributed by atoms with E-state index in [0.717, 1.165) is 37.3 Å². The van der Waals surface area contributed by atoms with Crippen molar-refractivity contribution in [2.24, 2.45) is 5.92 Å². The Morgan fingerprint density at radius 3 is 3.00 bits per heavy atom. The van der Waals surface area contributed by atoms with Gasteiger partial charge >= 0.3 is 0 Å². The number of aryl methyl sites for hydroxylation is 1. The van der Waals surface area contributed by atoms with Gasteiger partial charge in [-0.25, -0.2) is 0 Å². The molecule has 4 rings (SSSR count). The Labute approximate surface area is 143 Å². The zero-order valence-corrected chi connectivity index (χ0v) is 14.6. The largest absolute Gasteiger partial charge is 0.461 e. The standard InChI is InChI=1S/C20H27NO3/c1-14-16(15-6-3-4-8-19(15)24-14)12-21-10-5-7-18(21)17-13-23-11-9-20(17,2)22/h3-4,6,8,17-18,22H,5,7,9-13H2,1-2H3/t17-,18-,20+/m1/s1. The predicted octanol–water partition coefficient (Wildman–Crippen LogP) is 3.49. The number of ether oxygens (including phenoxy) is 1. The second kappa shape index (κ2) is 6.17. The summed E-state index contributed by atoms with van der Waals surface area (Å²) in [5.41, 5.74) is 1.63. The highest BCUT2D eigenvalue weighted by Gasteiger charge is 2.44. The van der Waals surface area contributed by atoms with Crippen LogP contribution in [0.5, 0.6) is 0 Å². The van der Waals surface area contributed by atoms with Gasteiger partial charge in [-0.3, -0.25) is 4.90 Å². The van der Waals surface area contributed by atoms with E-state index in [1.54, 1.807) is 0 Å². The first-order valence-electron chi connectivity index (χ1n) is 9.07. The van der Waals surface area contributed by atoms with Crippen molar-refractivity contribution < 1.29 is 14.3 Å². The van der Waals surface area contributed by atoms with E-state index >= 15 is 0 Å². The average molecular weight is 329 g/mol. The number of aliphatic hydroxyl groups is 1. The normalized spacial score (nSPS) is 31.8. The first-order chi connectivity index (χ1) is 11.6. The van der Waals surface area contributed by atoms with Gasteiger partial charge in [0.15, 0.2) is 0 Å². The van der Waals surface area contributed by atoms with Crippen LogP contribution in [0.1, 0.15) is 37.5 Å². The van der Waals surface area contributed by atoms with Crippen molar-refractivity contribution in [3.05, 3.63) is 35.6 Å². The summed E-state index contributed by atoms with van der Waals surface area (Å²) in [6, 6.07) is 8.65. The summed E-state index contributed by atoms with van der Waals surface area (Å²) in [6.07, 6.45) is 3.06. The SMILES string of the molecule is Cc1oc2ccccc2c1CN1CCC[C@@H]1[C@H]1COCC[C@]1(C)O. The molecule has 1 aromatic carbocycles. The van der Waals surface area contributed by atoms with Crippen LogP contribution >= 0.6 is 0 Å². The molecule has 2 fully saturated rings. The van der Waals surface area contributed by atoms with Gasteiger partial charge < -0.3 is 14.3 Å². The van der Waals surface area contributed by atoms with E-state index in [9.17, 15) is 5.11 Å². The molecule has 2 aliphatic heterocycles. The molecule has 1 N–H and O–H groups in total. The third-order valence-electron chi connectivity index (χ3n) is 5.99. The molecule has 2 saturated heterocycles. The summed E-state index contributed by atoms with van der Waals surface area (Å²) in [6.45, 7) is 7.34. The van der Waals surface area contributed by atoms with Crippen molar-refractivity contribution in [2.75, 3.05) is 19.8 Å². The second-order valence-corrected chi connectivity index (χ2v) is 7.60. The summed E-state index contributed by atoms with van der Waals surface area (Å²) in [5, 5.41) is 12.1. The minimum absolute atomic E-state index is 0.187. The van der Waals surface area contributed by atoms with Crippen LogP contribution in [0.4, 0.5) is 0 Å². The van der Waals surface area contributed by atoms with Gasteiger partial charge in [0.25, 0.3) is 0 Å². The number of rotatable bonds is 3. The molecule has 0 aliphatic carbocycles. The van der Waals surface area contributed by atoms with E-state index in [-0.39, 0.29) is 5.92 Å². The maximum absolute atomic E-state index is 10.8. The van der Waals surface area contributed by atoms with Crippen LogP contribution in [0.25, 0.3) is 11.0 Å². The lowest BCUT2D eigenvalue weighted by atomic mass is 9.79. The lowest BCUT2D eigenvalue weighted by Crippen LogP contribution is -2.52. The summed E-state index contributed by atoms with van der Waals surface area (Å²) in [5.74, 6) is 1.20. The molecule has 3 atom stereocenters. The number of likely N-dealkylation sites (tertiary alicyclic amines) is 1. The Bertz CT molecular complexity index is 721. The highest BCUT2D eigenvalue weighted by Crippen LogP contribution is 2.37. The molecule has 130 valence electrons. The minimum atomic E-state index is -0.626. The van der Waals surface area contributed by atoms with E-state index < -0.39 is 5.60 Å². The number of furan rings is 1. The molecule has 2 aliphatic rings. The molecule has 0 spiro atoms. The summed E-state index contributed by atoms with van der Waals surface area (Å²) >= 11 is 0. The molecular weight excluding hydrogens is 302 g/mol. The average Bonchev–Trinajstić information content (AvgIpc) is 3.12. The molecule has 1 aromatic heterocycles. The molecule has 3 heterocycles. The topological polar surface area (TPSA) is 45.8 Å². The zero-order chi connectivity index (χ0) is 16.7. The van der Waals surface area contributed by atoms with Gasteiger partial charge in [0.05, 0.1) is 12.2 Å². The second-order valence-electron chi connectivity index (χ2n) is 7.60. The van der Waals surface area contributed by atoms with E-state index in [4.69, 9.17) is 9.15 Å². The minimum Gasteiger partial charge on any atom is -0.461 e. The van der Waals surface area contributed by atoms with Crippen LogP contribution in [0, 0.1) is 12.8 Å². The van der Waals surface area contributed by atoms with Gasteiger partial charge in [-0.05, 0) is 45.7 Å². The van der Waals surface area contributed by atoms with Crippen molar-refractivity contribution >= 4 is 11.0 Å². The molecule has 4 heteroatoms. The fourth-order valence-corrected chi connectivity index (χ4v) is 4.50. The van der Waals surface area contributed by atoms with Gasteiger partial charge in [-0.1, -0.05) is 18.2 Å². The van der Waals surface area contributed by atoms with Crippen LogP contribution in [0.15, 0.2) is 28.7 Å². The van der Waals surface area contributed by atoms with Crippen LogP contribution in [0.2, 0.25) is 0 Å². The number of para-hydroxylation sites is 1. The number of hydrogen-bond acceptors (Lipinski definition) is 4. The summed E-state index contributed by atoms with van der Waals surface area (Å²) in [7, 11) is 0. The maximum atomic E-state index is 10.8. The first kappa shape index (κ1) is 16.1. The number of hydrogen-bond donors (Lipinski definition) is 1. The van der Waals surface area contributed by atoms with E-state index in [1.807, 2.05) is 19.1 Å². The van der Waals surface area contributed by atoms with Crippen molar-refractivity contribution in [3.8, 4) is 0 Å². The Hall–Kier alpha value is -1.36. The quantitative estimate of drug-likeness (QED) is 0.936. The molecular formula is C20H27NO3. The van der Waals surface area contributed by atoms with E-state index in [1.165, 1.54) is 17.4 Å². The number of fused-ring (bicyclic) bond motifs is 1. The Morgan fingerprint density at radius 2 is 2.17 bits per heavy atom. The summed E-state index contributed by atoms with van der Waals surface area (Å²) < 4.78 is 11.6. The Morgan fingerprint density at radius 1 is 1.33 bits per heavy atom.